The first-order valence-electron chi connectivity index (χ1n) is 7.39. The quantitative estimate of drug-likeness (QED) is 0.919. The summed E-state index contributed by atoms with van der Waals surface area (Å²) in [5.74, 6) is 1.35. The molecule has 1 N–H and O–H groups in total. The maximum absolute atomic E-state index is 4.51. The monoisotopic (exact) mass is 281 g/mol. The van der Waals surface area contributed by atoms with Crippen LogP contribution in [0.5, 0.6) is 0 Å². The van der Waals surface area contributed by atoms with Crippen LogP contribution in [0, 0.1) is 11.8 Å². The maximum atomic E-state index is 4.51. The second kappa shape index (κ2) is 6.33. The van der Waals surface area contributed by atoms with Gasteiger partial charge in [0.1, 0.15) is 5.01 Å². The van der Waals surface area contributed by atoms with Gasteiger partial charge in [-0.25, -0.2) is 4.98 Å². The van der Waals surface area contributed by atoms with E-state index in [1.54, 1.807) is 11.3 Å². The molecule has 1 aliphatic heterocycles. The molecule has 0 aliphatic carbocycles. The molecule has 19 heavy (non-hydrogen) atoms. The molecule has 3 unspecified atom stereocenters. The smallest absolute Gasteiger partial charge is 0.109 e. The minimum atomic E-state index is 0.427. The highest BCUT2D eigenvalue weighted by molar-refractivity contribution is 7.09. The molecule has 0 saturated carbocycles. The Labute approximate surface area is 121 Å². The van der Waals surface area contributed by atoms with Gasteiger partial charge in [-0.2, -0.15) is 0 Å². The van der Waals surface area contributed by atoms with Crippen LogP contribution in [-0.4, -0.2) is 35.1 Å². The molecular weight excluding hydrogens is 254 g/mol. The van der Waals surface area contributed by atoms with Crippen molar-refractivity contribution in [1.82, 2.24) is 15.2 Å². The first kappa shape index (κ1) is 14.9. The zero-order valence-electron chi connectivity index (χ0n) is 12.8. The Balaban J connectivity index is 2.15. The van der Waals surface area contributed by atoms with Crippen LogP contribution in [0.2, 0.25) is 0 Å². The number of piperazine rings is 1. The average Bonchev–Trinajstić information content (AvgIpc) is 2.90. The van der Waals surface area contributed by atoms with Crippen LogP contribution in [0.15, 0.2) is 11.6 Å². The highest BCUT2D eigenvalue weighted by Gasteiger charge is 2.34. The summed E-state index contributed by atoms with van der Waals surface area (Å²) in [5.41, 5.74) is 0. The van der Waals surface area contributed by atoms with Gasteiger partial charge < -0.3 is 5.32 Å². The van der Waals surface area contributed by atoms with Gasteiger partial charge in [0.2, 0.25) is 0 Å². The summed E-state index contributed by atoms with van der Waals surface area (Å²) < 4.78 is 0. The van der Waals surface area contributed by atoms with Crippen molar-refractivity contribution in [2.75, 3.05) is 13.1 Å². The lowest BCUT2D eigenvalue weighted by Crippen LogP contribution is -2.60. The Bertz CT molecular complexity index is 375. The number of nitrogens with zero attached hydrogens (tertiary/aromatic N) is 2. The lowest BCUT2D eigenvalue weighted by atomic mass is 9.93. The lowest BCUT2D eigenvalue weighted by molar-refractivity contribution is 0.0512. The molecule has 1 aromatic heterocycles. The minimum absolute atomic E-state index is 0.427. The number of hydrogen-bond acceptors (Lipinski definition) is 4. The molecule has 0 bridgehead atoms. The van der Waals surface area contributed by atoms with E-state index < -0.39 is 0 Å². The third-order valence-corrected chi connectivity index (χ3v) is 5.25. The number of thiazole rings is 1. The van der Waals surface area contributed by atoms with Gasteiger partial charge in [-0.05, 0) is 18.8 Å². The molecule has 2 rings (SSSR count). The van der Waals surface area contributed by atoms with Crippen LogP contribution in [0.25, 0.3) is 0 Å². The summed E-state index contributed by atoms with van der Waals surface area (Å²) >= 11 is 1.77. The molecule has 1 saturated heterocycles. The Morgan fingerprint density at radius 1 is 1.26 bits per heavy atom. The topological polar surface area (TPSA) is 28.2 Å². The standard InChI is InChI=1S/C15H27N3S/c1-10(2)13-9-18(14(8-17-13)11(3)4)12(5)15-16-6-7-19-15/h6-7,10-14,17H,8-9H2,1-5H3. The summed E-state index contributed by atoms with van der Waals surface area (Å²) in [6.07, 6.45) is 1.92. The van der Waals surface area contributed by atoms with Gasteiger partial charge in [0, 0.05) is 36.8 Å². The van der Waals surface area contributed by atoms with Crippen LogP contribution >= 0.6 is 11.3 Å². The van der Waals surface area contributed by atoms with Crippen LogP contribution < -0.4 is 5.32 Å². The summed E-state index contributed by atoms with van der Waals surface area (Å²) in [5, 5.41) is 7.05. The Kier molecular flexibility index (Phi) is 4.98. The minimum Gasteiger partial charge on any atom is -0.311 e. The van der Waals surface area contributed by atoms with Crippen molar-refractivity contribution in [1.29, 1.82) is 0 Å². The van der Waals surface area contributed by atoms with Crippen LogP contribution in [0.4, 0.5) is 0 Å². The molecule has 0 aromatic carbocycles. The Hall–Kier alpha value is -0.450. The van der Waals surface area contributed by atoms with Crippen molar-refractivity contribution >= 4 is 11.3 Å². The third-order valence-electron chi connectivity index (χ3n) is 4.30. The predicted octanol–water partition coefficient (Wildman–Crippen LogP) is 3.16. The molecule has 1 aliphatic rings. The van der Waals surface area contributed by atoms with Gasteiger partial charge in [-0.15, -0.1) is 11.3 Å². The van der Waals surface area contributed by atoms with Crippen molar-refractivity contribution < 1.29 is 0 Å². The Morgan fingerprint density at radius 3 is 2.53 bits per heavy atom. The molecule has 0 spiro atoms. The predicted molar refractivity (Wildman–Crippen MR) is 82.5 cm³/mol. The van der Waals surface area contributed by atoms with Gasteiger partial charge in [0.05, 0.1) is 6.04 Å². The molecule has 1 aromatic rings. The number of nitrogens with one attached hydrogen (secondary N) is 1. The van der Waals surface area contributed by atoms with Crippen molar-refractivity contribution in [2.45, 2.75) is 52.7 Å². The van der Waals surface area contributed by atoms with Gasteiger partial charge in [-0.1, -0.05) is 27.7 Å². The van der Waals surface area contributed by atoms with Crippen LogP contribution in [0.1, 0.15) is 45.7 Å². The SMILES string of the molecule is CC(C)C1CN(C(C)c2nccs2)C(C(C)C)CN1. The van der Waals surface area contributed by atoms with Gasteiger partial charge in [0.25, 0.3) is 0 Å². The van der Waals surface area contributed by atoms with Crippen molar-refractivity contribution in [2.24, 2.45) is 11.8 Å². The highest BCUT2D eigenvalue weighted by atomic mass is 32.1. The molecule has 0 radical (unpaired) electrons. The molecular formula is C15H27N3S. The summed E-state index contributed by atoms with van der Waals surface area (Å²) in [4.78, 5) is 7.17. The zero-order valence-corrected chi connectivity index (χ0v) is 13.6. The molecule has 108 valence electrons. The van der Waals surface area contributed by atoms with Gasteiger partial charge in [0.15, 0.2) is 0 Å². The number of aromatic nitrogens is 1. The first-order valence-corrected chi connectivity index (χ1v) is 8.27. The molecule has 3 atom stereocenters. The fraction of sp³-hybridized carbons (Fsp3) is 0.800. The van der Waals surface area contributed by atoms with Crippen molar-refractivity contribution in [3.05, 3.63) is 16.6 Å². The van der Waals surface area contributed by atoms with E-state index in [4.69, 9.17) is 0 Å². The second-order valence-electron chi connectivity index (χ2n) is 6.31. The second-order valence-corrected chi connectivity index (χ2v) is 7.24. The molecule has 4 heteroatoms. The van der Waals surface area contributed by atoms with E-state index in [1.807, 2.05) is 6.20 Å². The van der Waals surface area contributed by atoms with E-state index in [2.05, 4.69) is 55.2 Å². The van der Waals surface area contributed by atoms with E-state index in [9.17, 15) is 0 Å². The van der Waals surface area contributed by atoms with Gasteiger partial charge in [-0.3, -0.25) is 4.90 Å². The summed E-state index contributed by atoms with van der Waals surface area (Å²) in [7, 11) is 0. The van der Waals surface area contributed by atoms with Crippen molar-refractivity contribution in [3.63, 3.8) is 0 Å². The Morgan fingerprint density at radius 2 is 2.00 bits per heavy atom. The lowest BCUT2D eigenvalue weighted by Gasteiger charge is -2.46. The first-order chi connectivity index (χ1) is 9.00. The zero-order chi connectivity index (χ0) is 14.0. The van der Waals surface area contributed by atoms with E-state index in [0.717, 1.165) is 13.1 Å². The molecule has 2 heterocycles. The third kappa shape index (κ3) is 3.36. The molecule has 0 amide bonds. The molecule has 1 fully saturated rings. The van der Waals surface area contributed by atoms with E-state index in [-0.39, 0.29) is 0 Å². The fourth-order valence-corrected chi connectivity index (χ4v) is 3.62. The average molecular weight is 281 g/mol. The van der Waals surface area contributed by atoms with E-state index in [0.29, 0.717) is 30.0 Å². The molecule has 3 nitrogen and oxygen atoms in total. The number of hydrogen-bond donors (Lipinski definition) is 1. The fourth-order valence-electron chi connectivity index (χ4n) is 2.91. The summed E-state index contributed by atoms with van der Waals surface area (Å²) in [6, 6.07) is 1.63. The van der Waals surface area contributed by atoms with Crippen molar-refractivity contribution in [3.8, 4) is 0 Å². The highest BCUT2D eigenvalue weighted by Crippen LogP contribution is 2.29. The maximum Gasteiger partial charge on any atom is 0.109 e. The van der Waals surface area contributed by atoms with Crippen LogP contribution in [-0.2, 0) is 0 Å². The normalized spacial score (nSPS) is 27.1. The largest absolute Gasteiger partial charge is 0.311 e. The number of rotatable bonds is 4. The summed E-state index contributed by atoms with van der Waals surface area (Å²) in [6.45, 7) is 13.8. The van der Waals surface area contributed by atoms with E-state index in [1.165, 1.54) is 5.01 Å². The van der Waals surface area contributed by atoms with Crippen LogP contribution in [0.3, 0.4) is 0 Å². The van der Waals surface area contributed by atoms with Gasteiger partial charge >= 0.3 is 0 Å². The van der Waals surface area contributed by atoms with E-state index >= 15 is 0 Å².